The molecule has 1 fully saturated rings. The Kier molecular flexibility index (Phi) is 55.1. The minimum Gasteiger partial charge on any atom is -0.371 e. The van der Waals surface area contributed by atoms with Gasteiger partial charge in [-0.1, -0.05) is 77.1 Å². The van der Waals surface area contributed by atoms with Crippen LogP contribution < -0.4 is 0 Å². The molecule has 0 N–H and O–H groups in total. The lowest BCUT2D eigenvalue weighted by Crippen LogP contribution is -2.18. The third kappa shape index (κ3) is 70.5. The average molecular weight is 1890 g/mol. The van der Waals surface area contributed by atoms with E-state index in [1.807, 2.05) is 251 Å². The van der Waals surface area contributed by atoms with Gasteiger partial charge in [0, 0.05) is 162 Å². The lowest BCUT2D eigenvalue weighted by Gasteiger charge is -2.19. The highest BCUT2D eigenvalue weighted by Crippen LogP contribution is 2.37. The second-order valence-corrected chi connectivity index (χ2v) is 44.3. The van der Waals surface area contributed by atoms with Crippen LogP contribution in [0.5, 0.6) is 0 Å². The van der Waals surface area contributed by atoms with Crippen LogP contribution in [0.3, 0.4) is 0 Å². The summed E-state index contributed by atoms with van der Waals surface area (Å²) in [5, 5.41) is 1.10. The van der Waals surface area contributed by atoms with Crippen LogP contribution in [0.2, 0.25) is 0 Å². The van der Waals surface area contributed by atoms with E-state index in [1.165, 1.54) is 29.6 Å². The van der Waals surface area contributed by atoms with Crippen LogP contribution in [0.1, 0.15) is 374 Å². The van der Waals surface area contributed by atoms with Gasteiger partial charge in [-0.15, -0.1) is 11.3 Å². The molecule has 1 aromatic carbocycles. The Hall–Kier alpha value is -8.77. The lowest BCUT2D eigenvalue weighted by molar-refractivity contribution is -0.0155. The number of aromatic nitrogens is 15. The van der Waals surface area contributed by atoms with E-state index >= 15 is 0 Å². The fourth-order valence-corrected chi connectivity index (χ4v) is 10.1. The summed E-state index contributed by atoms with van der Waals surface area (Å²) in [5.41, 5.74) is 10.9. The number of pyridine rings is 2. The molecule has 0 atom stereocenters. The van der Waals surface area contributed by atoms with Crippen LogP contribution in [0.25, 0.3) is 0 Å². The number of nitrogens with zero attached hydrogens (tertiary/aromatic N) is 15. The molecule has 0 unspecified atom stereocenters. The van der Waals surface area contributed by atoms with Crippen molar-refractivity contribution in [3.63, 3.8) is 0 Å². The molecule has 0 radical (unpaired) electrons. The van der Waals surface area contributed by atoms with E-state index in [9.17, 15) is 0 Å². The van der Waals surface area contributed by atoms with Gasteiger partial charge in [0.1, 0.15) is 35.4 Å². The topological polar surface area (TPSA) is 286 Å². The van der Waals surface area contributed by atoms with E-state index in [1.54, 1.807) is 36.1 Å². The van der Waals surface area contributed by atoms with Gasteiger partial charge in [-0.3, -0.25) is 9.97 Å². The molecule has 1 saturated carbocycles. The largest absolute Gasteiger partial charge is 0.371 e. The number of aryl methyl sites for hydroxylation is 6. The first-order valence-corrected chi connectivity index (χ1v) is 48.3. The summed E-state index contributed by atoms with van der Waals surface area (Å²) in [4.78, 5) is 64.1. The molecule has 0 saturated heterocycles. The first kappa shape index (κ1) is 122. The predicted octanol–water partition coefficient (Wildman–Crippen LogP) is 26.0. The second-order valence-electron chi connectivity index (χ2n) is 43.0. The highest BCUT2D eigenvalue weighted by Gasteiger charge is 2.27. The average Bonchev–Trinajstić information content (AvgIpc) is 1.72. The molecule has 0 amide bonds. The van der Waals surface area contributed by atoms with Crippen molar-refractivity contribution in [3.8, 4) is 0 Å². The zero-order chi connectivity index (χ0) is 102. The van der Waals surface area contributed by atoms with Crippen LogP contribution in [0.15, 0.2) is 154 Å². The van der Waals surface area contributed by atoms with Crippen molar-refractivity contribution >= 4 is 11.3 Å². The molecule has 9 heterocycles. The lowest BCUT2D eigenvalue weighted by atomic mass is 10.2. The Morgan fingerprint density at radius 1 is 0.296 bits per heavy atom. The first-order valence-electron chi connectivity index (χ1n) is 47.5. The van der Waals surface area contributed by atoms with Crippen molar-refractivity contribution in [1.29, 1.82) is 0 Å². The fourth-order valence-electron chi connectivity index (χ4n) is 9.44. The van der Waals surface area contributed by atoms with Crippen molar-refractivity contribution in [2.24, 2.45) is 0 Å². The number of benzene rings is 1. The smallest absolute Gasteiger partial charge is 0.131 e. The third-order valence-electron chi connectivity index (χ3n) is 17.1. The van der Waals surface area contributed by atoms with Crippen LogP contribution in [0, 0.1) is 20.8 Å². The molecular weight excluding hydrogens is 1710 g/mol. The van der Waals surface area contributed by atoms with Gasteiger partial charge in [-0.25, -0.2) is 64.8 Å². The highest BCUT2D eigenvalue weighted by molar-refractivity contribution is 7.11. The number of hydrogen-bond acceptors (Lipinski definition) is 26. The third-order valence-corrected chi connectivity index (χ3v) is 18.0. The number of rotatable bonds is 26. The second kappa shape index (κ2) is 60.8. The Morgan fingerprint density at radius 3 is 0.911 bits per heavy atom. The Balaban J connectivity index is 0.000000508. The van der Waals surface area contributed by atoms with Crippen molar-refractivity contribution in [3.05, 3.63) is 254 Å². The van der Waals surface area contributed by atoms with E-state index in [-0.39, 0.29) is 56.0 Å². The van der Waals surface area contributed by atoms with Crippen molar-refractivity contribution in [1.82, 2.24) is 74.8 Å². The Bertz CT molecular complexity index is 4440. The molecule has 0 bridgehead atoms. The first-order chi connectivity index (χ1) is 62.5. The maximum absolute atomic E-state index is 5.65. The highest BCUT2D eigenvalue weighted by atomic mass is 32.1. The number of ether oxygens (including phenoxy) is 10. The van der Waals surface area contributed by atoms with Crippen LogP contribution in [-0.4, -0.2) is 131 Å². The summed E-state index contributed by atoms with van der Waals surface area (Å²) < 4.78 is 56.1. The molecule has 11 rings (SSSR count). The van der Waals surface area contributed by atoms with Gasteiger partial charge in [0.2, 0.25) is 0 Å². The van der Waals surface area contributed by atoms with Gasteiger partial charge in [-0.2, -0.15) is 0 Å². The summed E-state index contributed by atoms with van der Waals surface area (Å²) >= 11 is 1.69. The SMILES string of the molecule is CC(C)(C)OCc1ccccc1.CC(C)(C)OCc1cnc(C2CC2)nc1.CC(C)(C)OCc1cncnc1.CC(C)c1ncc(COC(C)(C)C)cn1.CCCc1ncc(COC(C)(C)C)cn1.CCc1ccc(COC(C)(C)C)cn1.CCc1ncc(COC(C)(C)C)cn1.Cc1ccc(COC(C)(C)C)cn1.Cc1ncc(COC(C)(C)C)cn1.Cc1ncc(COC(C)(C)C)s1. The molecule has 750 valence electrons. The van der Waals surface area contributed by atoms with E-state index in [0.29, 0.717) is 77.9 Å². The molecule has 10 aromatic rings. The van der Waals surface area contributed by atoms with Gasteiger partial charge in [0.25, 0.3) is 0 Å². The summed E-state index contributed by atoms with van der Waals surface area (Å²) in [5.74, 6) is 5.47. The van der Waals surface area contributed by atoms with Gasteiger partial charge in [0.15, 0.2) is 0 Å². The molecule has 1 aliphatic rings. The summed E-state index contributed by atoms with van der Waals surface area (Å²) in [6.45, 7) is 83.7. The molecule has 0 aliphatic heterocycles. The monoisotopic (exact) mass is 1880 g/mol. The molecule has 0 spiro atoms. The Labute approximate surface area is 818 Å². The van der Waals surface area contributed by atoms with Gasteiger partial charge >= 0.3 is 0 Å². The number of thiazole rings is 1. The van der Waals surface area contributed by atoms with Crippen molar-refractivity contribution in [2.45, 2.75) is 436 Å². The zero-order valence-electron chi connectivity index (χ0n) is 90.1. The minimum absolute atomic E-state index is 0.0458. The minimum atomic E-state index is -0.114. The Morgan fingerprint density at radius 2 is 0.607 bits per heavy atom. The molecular formula is C109H173N15O10S. The quantitative estimate of drug-likeness (QED) is 0.0487. The van der Waals surface area contributed by atoms with E-state index in [0.717, 1.165) is 116 Å². The molecule has 9 aromatic heterocycles. The predicted molar refractivity (Wildman–Crippen MR) is 548 cm³/mol. The van der Waals surface area contributed by atoms with Crippen molar-refractivity contribution < 1.29 is 47.4 Å². The normalized spacial score (nSPS) is 12.3. The van der Waals surface area contributed by atoms with Crippen molar-refractivity contribution in [2.75, 3.05) is 0 Å². The van der Waals surface area contributed by atoms with Crippen LogP contribution >= 0.6 is 11.3 Å². The summed E-state index contributed by atoms with van der Waals surface area (Å²) in [7, 11) is 0. The van der Waals surface area contributed by atoms with E-state index in [2.05, 4.69) is 210 Å². The van der Waals surface area contributed by atoms with Crippen LogP contribution in [0.4, 0.5) is 0 Å². The van der Waals surface area contributed by atoms with Crippen LogP contribution in [-0.2, 0) is 133 Å². The maximum Gasteiger partial charge on any atom is 0.131 e. The fraction of sp³-hybridized carbons (Fsp3) is 0.606. The van der Waals surface area contributed by atoms with Gasteiger partial charge in [0.05, 0.1) is 132 Å². The summed E-state index contributed by atoms with van der Waals surface area (Å²) in [6.07, 6.45) is 35.5. The van der Waals surface area contributed by atoms with Gasteiger partial charge < -0.3 is 47.4 Å². The summed E-state index contributed by atoms with van der Waals surface area (Å²) in [6, 6.07) is 18.4. The standard InChI is InChI=1S/C12H18N2O.2C12H20N2O.C12H19NO.C11H18N2O.C11H17NO.C11H16O.C10H16N2O.C9H14N2O.C9H15NOS/c1-12(2,3)15-8-9-6-13-11(14-7-9)10-4-5-10;1-9(2)11-13-6-10(7-14-11)8-15-12(3,4)5;1-5-6-11-13-7-10(8-14-11)9-15-12(2,3)4;1-5-11-7-6-10(8-13-11)9-14-12(2,3)4;1-5-10-12-6-9(7-13-10)8-14-11(2,3)4;1-9-5-6-10(7-12-9)8-13-11(2,3)4;1-11(2,3)12-9-10-7-5-4-6-8-10;1-8-11-5-9(6-12-8)7-13-10(2,3)4;1-9(2,3)12-6-8-4-10-7-11-5-8;1-7-10-5-8(12-7)6-11-9(2,3)4/h6-7,10H,4-5,8H2,1-3H3;6-7,9H,8H2,1-5H3;7-8H,5-6,9H2,1-4H3;6-8H,5,9H2,1-4H3;6-7H,5,8H2,1-4H3;5-7H,8H2,1-4H3;4-8H,9H2,1-3H3;5-6H,7H2,1-4H3;4-5,7H,6H2,1-3H3;5H,6H2,1-4H3. The van der Waals surface area contributed by atoms with E-state index < -0.39 is 0 Å². The molecule has 1 aliphatic carbocycles. The maximum atomic E-state index is 5.65. The van der Waals surface area contributed by atoms with E-state index in [4.69, 9.17) is 47.4 Å². The molecule has 135 heavy (non-hydrogen) atoms. The van der Waals surface area contributed by atoms with Gasteiger partial charge in [-0.05, 0) is 283 Å². The zero-order valence-corrected chi connectivity index (χ0v) is 90.9. The number of hydrogen-bond donors (Lipinski definition) is 0. The molecule has 26 heteroatoms. The molecule has 25 nitrogen and oxygen atoms in total.